The molecule has 1 aromatic heterocycles. The summed E-state index contributed by atoms with van der Waals surface area (Å²) >= 11 is 3.93. The molecule has 318 valence electrons. The monoisotopic (exact) mass is 860 g/mol. The third-order valence-electron chi connectivity index (χ3n) is 11.3. The van der Waals surface area contributed by atoms with Crippen molar-refractivity contribution >= 4 is 56.7 Å². The fraction of sp³-hybridized carbons (Fsp3) is 0.370. The number of ether oxygens (including phenoxy) is 1. The van der Waals surface area contributed by atoms with Gasteiger partial charge in [0.15, 0.2) is 4.90 Å². The SMILES string of the molecule is CN(C)CCCNc1ccc([S+]([O-])NC(=O)c2ccc(N3CCN(CC4=C(c5ccc(Cl)cc5)CC(C)(C)CC4)CC3)cc2Oc2ccc3[nH]ccc3c2)cc1C(F)(F)F. The Bertz CT molecular complexity index is 2320. The molecule has 0 radical (unpaired) electrons. The van der Waals surface area contributed by atoms with Crippen LogP contribution < -0.4 is 19.7 Å². The van der Waals surface area contributed by atoms with Crippen molar-refractivity contribution in [1.82, 2.24) is 19.5 Å². The second-order valence-corrected chi connectivity index (χ2v) is 18.3. The lowest BCUT2D eigenvalue weighted by molar-refractivity contribution is -0.137. The molecule has 0 saturated carbocycles. The van der Waals surface area contributed by atoms with Gasteiger partial charge in [-0.15, -0.1) is 0 Å². The average Bonchev–Trinajstić information content (AvgIpc) is 3.68. The second-order valence-electron chi connectivity index (χ2n) is 16.7. The van der Waals surface area contributed by atoms with Gasteiger partial charge in [0.05, 0.1) is 11.1 Å². The highest BCUT2D eigenvalue weighted by molar-refractivity contribution is 7.90. The summed E-state index contributed by atoms with van der Waals surface area (Å²) in [7, 11) is 3.78. The molecule has 2 heterocycles. The second kappa shape index (κ2) is 18.5. The van der Waals surface area contributed by atoms with E-state index in [1.165, 1.54) is 28.8 Å². The Morgan fingerprint density at radius 3 is 2.48 bits per heavy atom. The Hall–Kier alpha value is -4.66. The Labute approximate surface area is 358 Å². The molecule has 7 rings (SSSR count). The molecule has 0 bridgehead atoms. The van der Waals surface area contributed by atoms with E-state index in [1.54, 1.807) is 18.2 Å². The van der Waals surface area contributed by atoms with Gasteiger partial charge in [-0.05, 0) is 124 Å². The van der Waals surface area contributed by atoms with E-state index in [9.17, 15) is 22.5 Å². The Morgan fingerprint density at radius 2 is 1.75 bits per heavy atom. The molecule has 2 aliphatic rings. The van der Waals surface area contributed by atoms with Gasteiger partial charge in [0.25, 0.3) is 5.91 Å². The van der Waals surface area contributed by atoms with Crippen molar-refractivity contribution < 1.29 is 27.3 Å². The zero-order chi connectivity index (χ0) is 42.6. The number of anilines is 2. The van der Waals surface area contributed by atoms with Crippen LogP contribution in [-0.4, -0.2) is 85.2 Å². The van der Waals surface area contributed by atoms with Crippen LogP contribution in [0.15, 0.2) is 102 Å². The van der Waals surface area contributed by atoms with Crippen molar-refractivity contribution in [3.8, 4) is 11.5 Å². The van der Waals surface area contributed by atoms with Gasteiger partial charge in [-0.1, -0.05) is 43.2 Å². The molecule has 1 atom stereocenters. The third-order valence-corrected chi connectivity index (χ3v) is 12.6. The highest BCUT2D eigenvalue weighted by Gasteiger charge is 2.36. The van der Waals surface area contributed by atoms with Crippen LogP contribution in [0.5, 0.6) is 11.5 Å². The first-order valence-corrected chi connectivity index (χ1v) is 21.8. The lowest BCUT2D eigenvalue weighted by atomic mass is 9.72. The highest BCUT2D eigenvalue weighted by atomic mass is 35.5. The number of amides is 1. The van der Waals surface area contributed by atoms with Gasteiger partial charge in [-0.2, -0.15) is 17.9 Å². The first kappa shape index (κ1) is 43.4. The van der Waals surface area contributed by atoms with Crippen LogP contribution in [0.4, 0.5) is 24.5 Å². The number of hydrogen-bond donors (Lipinski definition) is 3. The largest absolute Gasteiger partial charge is 0.588 e. The molecule has 1 amide bonds. The number of nitrogens with one attached hydrogen (secondary N) is 3. The lowest BCUT2D eigenvalue weighted by Crippen LogP contribution is -2.47. The summed E-state index contributed by atoms with van der Waals surface area (Å²) in [5, 5.41) is 4.50. The number of piperazine rings is 1. The molecular weight excluding hydrogens is 809 g/mol. The van der Waals surface area contributed by atoms with E-state index < -0.39 is 29.0 Å². The minimum absolute atomic E-state index is 0.0945. The minimum Gasteiger partial charge on any atom is -0.588 e. The Kier molecular flexibility index (Phi) is 13.4. The minimum atomic E-state index is -4.71. The van der Waals surface area contributed by atoms with Crippen LogP contribution in [0.25, 0.3) is 16.5 Å². The zero-order valence-corrected chi connectivity index (χ0v) is 36.0. The van der Waals surface area contributed by atoms with Gasteiger partial charge in [0.1, 0.15) is 22.9 Å². The van der Waals surface area contributed by atoms with Crippen LogP contribution in [0.1, 0.15) is 61.0 Å². The standard InChI is InChI=1S/C46H52ClF3N6O3S/c1-45(2)18-16-33(39(29-45)31-6-8-34(47)9-7-31)30-55-22-24-56(25-23-55)35-10-13-38(43(27-35)59-36-11-14-41-32(26-36)17-20-52-41)44(57)53-60(58)37-12-15-42(40(28-37)46(48,49)50)51-19-5-21-54(3)4/h6-15,17,20,26-28,51-52H,5,16,18-19,21-25,29-30H2,1-4H3,(H,53,57). The number of carbonyl (C=O) groups is 1. The maximum Gasteiger partial charge on any atom is 0.418 e. The summed E-state index contributed by atoms with van der Waals surface area (Å²) in [4.78, 5) is 23.5. The van der Waals surface area contributed by atoms with Gasteiger partial charge in [-0.3, -0.25) is 9.69 Å². The molecule has 1 saturated heterocycles. The molecule has 1 aliphatic carbocycles. The number of halogens is 4. The molecule has 14 heteroatoms. The molecule has 3 N–H and O–H groups in total. The lowest BCUT2D eigenvalue weighted by Gasteiger charge is -2.39. The summed E-state index contributed by atoms with van der Waals surface area (Å²) in [6, 6.07) is 24.3. The zero-order valence-electron chi connectivity index (χ0n) is 34.4. The van der Waals surface area contributed by atoms with E-state index in [0.29, 0.717) is 25.3 Å². The normalized spacial score (nSPS) is 16.7. The summed E-state index contributed by atoms with van der Waals surface area (Å²) in [5.74, 6) is -0.0272. The smallest absolute Gasteiger partial charge is 0.418 e. The number of H-pyrrole nitrogens is 1. The van der Waals surface area contributed by atoms with Crippen molar-refractivity contribution in [1.29, 1.82) is 0 Å². The van der Waals surface area contributed by atoms with Crippen LogP contribution in [0.2, 0.25) is 5.02 Å². The predicted octanol–water partition coefficient (Wildman–Crippen LogP) is 10.2. The Morgan fingerprint density at radius 1 is 0.983 bits per heavy atom. The van der Waals surface area contributed by atoms with Crippen molar-refractivity contribution in [2.75, 3.05) is 70.1 Å². The van der Waals surface area contributed by atoms with Crippen molar-refractivity contribution in [3.63, 3.8) is 0 Å². The van der Waals surface area contributed by atoms with Crippen LogP contribution in [-0.2, 0) is 17.5 Å². The number of aromatic nitrogens is 1. The number of fused-ring (bicyclic) bond motifs is 1. The number of allylic oxidation sites excluding steroid dienone is 1. The number of nitrogens with zero attached hydrogens (tertiary/aromatic N) is 3. The first-order valence-electron chi connectivity index (χ1n) is 20.3. The third kappa shape index (κ3) is 10.8. The van der Waals surface area contributed by atoms with Crippen LogP contribution >= 0.6 is 11.6 Å². The molecule has 1 fully saturated rings. The van der Waals surface area contributed by atoms with Gasteiger partial charge < -0.3 is 29.4 Å². The van der Waals surface area contributed by atoms with Gasteiger partial charge in [0.2, 0.25) is 0 Å². The quantitative estimate of drug-likeness (QED) is 0.0756. The molecule has 9 nitrogen and oxygen atoms in total. The van der Waals surface area contributed by atoms with Crippen molar-refractivity contribution in [2.24, 2.45) is 5.41 Å². The topological polar surface area (TPSA) is 98.9 Å². The maximum atomic E-state index is 14.2. The summed E-state index contributed by atoms with van der Waals surface area (Å²) in [6.45, 7) is 9.78. The number of alkyl halides is 3. The fourth-order valence-electron chi connectivity index (χ4n) is 7.94. The average molecular weight is 861 g/mol. The molecule has 60 heavy (non-hydrogen) atoms. The van der Waals surface area contributed by atoms with E-state index in [-0.39, 0.29) is 27.3 Å². The van der Waals surface area contributed by atoms with E-state index >= 15 is 0 Å². The van der Waals surface area contributed by atoms with Crippen molar-refractivity contribution in [2.45, 2.75) is 50.6 Å². The molecule has 0 spiro atoms. The van der Waals surface area contributed by atoms with E-state index in [1.807, 2.05) is 61.6 Å². The molecule has 1 aliphatic heterocycles. The van der Waals surface area contributed by atoms with E-state index in [0.717, 1.165) is 79.7 Å². The van der Waals surface area contributed by atoms with E-state index in [2.05, 4.69) is 50.8 Å². The number of benzene rings is 4. The van der Waals surface area contributed by atoms with Crippen LogP contribution in [0, 0.1) is 5.41 Å². The predicted molar refractivity (Wildman–Crippen MR) is 236 cm³/mol. The number of aromatic amines is 1. The first-order chi connectivity index (χ1) is 28.6. The highest BCUT2D eigenvalue weighted by Crippen LogP contribution is 2.44. The van der Waals surface area contributed by atoms with E-state index in [4.69, 9.17) is 16.3 Å². The molecule has 1 unspecified atom stereocenters. The van der Waals surface area contributed by atoms with Crippen molar-refractivity contribution in [3.05, 3.63) is 118 Å². The van der Waals surface area contributed by atoms with Gasteiger partial charge in [0, 0.05) is 84.9 Å². The number of hydrogen-bond acceptors (Lipinski definition) is 7. The summed E-state index contributed by atoms with van der Waals surface area (Å²) < 4.78 is 64.8. The summed E-state index contributed by atoms with van der Waals surface area (Å²) in [5.41, 5.74) is 5.16. The van der Waals surface area contributed by atoms with Gasteiger partial charge in [-0.25, -0.2) is 0 Å². The molecular formula is C46H52ClF3N6O3S. The van der Waals surface area contributed by atoms with Gasteiger partial charge >= 0.3 is 6.18 Å². The maximum absolute atomic E-state index is 14.2. The fourth-order valence-corrected chi connectivity index (χ4v) is 8.88. The molecule has 5 aromatic rings. The Balaban J connectivity index is 1.08. The number of carbonyl (C=O) groups excluding carboxylic acids is 1. The molecule has 4 aromatic carbocycles. The van der Waals surface area contributed by atoms with Crippen LogP contribution in [0.3, 0.4) is 0 Å². The summed E-state index contributed by atoms with van der Waals surface area (Å²) in [6.07, 6.45) is 0.969. The number of rotatable bonds is 14.